The van der Waals surface area contributed by atoms with E-state index in [0.717, 1.165) is 6.42 Å². The Labute approximate surface area is 162 Å². The maximum absolute atomic E-state index is 12.0. The molecule has 0 spiro atoms. The summed E-state index contributed by atoms with van der Waals surface area (Å²) in [6.45, 7) is 2.46. The van der Waals surface area contributed by atoms with Gasteiger partial charge in [-0.2, -0.15) is 0 Å². The molecule has 1 heterocycles. The highest BCUT2D eigenvalue weighted by Crippen LogP contribution is 2.07. The third-order valence-electron chi connectivity index (χ3n) is 3.46. The Morgan fingerprint density at radius 2 is 1.88 bits per heavy atom. The summed E-state index contributed by atoms with van der Waals surface area (Å²) in [5.41, 5.74) is 5.76. The molecule has 6 nitrogen and oxygen atoms in total. The molecule has 8 heteroatoms. The number of thiocarbonyl (C=S) groups is 1. The molecule has 4 N–H and O–H groups in total. The second-order valence-corrected chi connectivity index (χ2v) is 7.14. The van der Waals surface area contributed by atoms with Crippen molar-refractivity contribution in [2.24, 2.45) is 0 Å². The molecule has 26 heavy (non-hydrogen) atoms. The van der Waals surface area contributed by atoms with Crippen molar-refractivity contribution in [2.75, 3.05) is 6.54 Å². The fourth-order valence-corrected chi connectivity index (χ4v) is 3.06. The maximum Gasteiger partial charge on any atom is 0.251 e. The lowest BCUT2D eigenvalue weighted by molar-refractivity contribution is -0.122. The van der Waals surface area contributed by atoms with E-state index in [1.165, 1.54) is 4.88 Å². The van der Waals surface area contributed by atoms with Gasteiger partial charge in [0.05, 0.1) is 0 Å². The van der Waals surface area contributed by atoms with E-state index in [-0.39, 0.29) is 24.3 Å². The van der Waals surface area contributed by atoms with E-state index in [9.17, 15) is 9.59 Å². The Morgan fingerprint density at radius 1 is 1.12 bits per heavy atom. The van der Waals surface area contributed by atoms with Crippen LogP contribution >= 0.6 is 23.6 Å². The molecule has 138 valence electrons. The number of carbonyl (C=O) groups excluding carboxylic acids is 2. The van der Waals surface area contributed by atoms with Crippen molar-refractivity contribution in [2.45, 2.75) is 25.8 Å². The first-order valence-electron chi connectivity index (χ1n) is 8.25. The molecule has 0 aliphatic rings. The minimum Gasteiger partial charge on any atom is -0.361 e. The molecule has 0 saturated heterocycles. The van der Waals surface area contributed by atoms with Gasteiger partial charge < -0.3 is 10.6 Å². The number of hydrogen-bond donors (Lipinski definition) is 4. The minimum atomic E-state index is -0.301. The Bertz CT molecular complexity index is 720. The molecule has 0 radical (unpaired) electrons. The SMILES string of the molecule is CC(CC(=O)NNC(=S)NCCc1cccs1)NC(=O)c1ccccc1. The van der Waals surface area contributed by atoms with Crippen LogP contribution in [0.3, 0.4) is 0 Å². The zero-order chi connectivity index (χ0) is 18.8. The fraction of sp³-hybridized carbons (Fsp3) is 0.278. The monoisotopic (exact) mass is 390 g/mol. The fourth-order valence-electron chi connectivity index (χ4n) is 2.20. The highest BCUT2D eigenvalue weighted by atomic mass is 32.1. The predicted octanol–water partition coefficient (Wildman–Crippen LogP) is 1.99. The number of benzene rings is 1. The normalized spacial score (nSPS) is 11.3. The van der Waals surface area contributed by atoms with Gasteiger partial charge in [0.25, 0.3) is 5.91 Å². The van der Waals surface area contributed by atoms with Gasteiger partial charge in [-0.1, -0.05) is 24.3 Å². The van der Waals surface area contributed by atoms with E-state index in [4.69, 9.17) is 12.2 Å². The summed E-state index contributed by atoms with van der Waals surface area (Å²) in [4.78, 5) is 25.2. The first-order chi connectivity index (χ1) is 12.5. The molecule has 0 aliphatic carbocycles. The molecule has 0 aliphatic heterocycles. The number of hydrogen-bond acceptors (Lipinski definition) is 4. The van der Waals surface area contributed by atoms with E-state index in [1.807, 2.05) is 17.5 Å². The number of hydrazine groups is 1. The highest BCUT2D eigenvalue weighted by molar-refractivity contribution is 7.80. The maximum atomic E-state index is 12.0. The molecule has 0 saturated carbocycles. The van der Waals surface area contributed by atoms with Gasteiger partial charge in [0.15, 0.2) is 5.11 Å². The van der Waals surface area contributed by atoms with Crippen LogP contribution < -0.4 is 21.5 Å². The van der Waals surface area contributed by atoms with Crippen LogP contribution in [-0.4, -0.2) is 29.5 Å². The minimum absolute atomic E-state index is 0.142. The summed E-state index contributed by atoms with van der Waals surface area (Å²) in [5.74, 6) is -0.460. The summed E-state index contributed by atoms with van der Waals surface area (Å²) >= 11 is 6.81. The lowest BCUT2D eigenvalue weighted by Gasteiger charge is -2.15. The van der Waals surface area contributed by atoms with E-state index in [1.54, 1.807) is 42.5 Å². The molecule has 0 fully saturated rings. The Balaban J connectivity index is 1.61. The summed E-state index contributed by atoms with van der Waals surface area (Å²) in [7, 11) is 0. The largest absolute Gasteiger partial charge is 0.361 e. The van der Waals surface area contributed by atoms with Gasteiger partial charge >= 0.3 is 0 Å². The summed E-state index contributed by atoms with van der Waals surface area (Å²) in [6.07, 6.45) is 1.01. The molecular weight excluding hydrogens is 368 g/mol. The van der Waals surface area contributed by atoms with Gasteiger partial charge in [0.1, 0.15) is 0 Å². The Morgan fingerprint density at radius 3 is 2.58 bits per heavy atom. The third-order valence-corrected chi connectivity index (χ3v) is 4.64. The van der Waals surface area contributed by atoms with Gasteiger partial charge in [0.2, 0.25) is 5.91 Å². The first-order valence-corrected chi connectivity index (χ1v) is 9.54. The van der Waals surface area contributed by atoms with E-state index in [0.29, 0.717) is 17.2 Å². The molecule has 1 aromatic heterocycles. The summed E-state index contributed by atoms with van der Waals surface area (Å²) in [5, 5.41) is 8.20. The zero-order valence-corrected chi connectivity index (χ0v) is 16.1. The van der Waals surface area contributed by atoms with Crippen molar-refractivity contribution >= 4 is 40.5 Å². The van der Waals surface area contributed by atoms with Crippen LogP contribution in [0.4, 0.5) is 0 Å². The first kappa shape index (κ1) is 19.9. The third kappa shape index (κ3) is 7.20. The van der Waals surface area contributed by atoms with Crippen molar-refractivity contribution < 1.29 is 9.59 Å². The van der Waals surface area contributed by atoms with Crippen molar-refractivity contribution in [1.29, 1.82) is 0 Å². The van der Waals surface area contributed by atoms with E-state index < -0.39 is 0 Å². The quantitative estimate of drug-likeness (QED) is 0.429. The standard InChI is InChI=1S/C18H22N4O2S2/c1-13(20-17(24)14-6-3-2-4-7-14)12-16(23)21-22-18(25)19-10-9-15-8-5-11-26-15/h2-8,11,13H,9-10,12H2,1H3,(H,20,24)(H,21,23)(H2,19,22,25). The van der Waals surface area contributed by atoms with Crippen LogP contribution in [0.2, 0.25) is 0 Å². The molecule has 2 rings (SSSR count). The number of carbonyl (C=O) groups is 2. The van der Waals surface area contributed by atoms with E-state index >= 15 is 0 Å². The topological polar surface area (TPSA) is 82.3 Å². The Kier molecular flexibility index (Phi) is 8.04. The molecule has 2 amide bonds. The number of rotatable bonds is 7. The smallest absolute Gasteiger partial charge is 0.251 e. The second kappa shape index (κ2) is 10.5. The van der Waals surface area contributed by atoms with Crippen molar-refractivity contribution in [1.82, 2.24) is 21.5 Å². The second-order valence-electron chi connectivity index (χ2n) is 5.70. The Hall–Kier alpha value is -2.45. The van der Waals surface area contributed by atoms with Crippen LogP contribution in [0.15, 0.2) is 47.8 Å². The van der Waals surface area contributed by atoms with Gasteiger partial charge in [-0.15, -0.1) is 11.3 Å². The molecule has 1 atom stereocenters. The average Bonchev–Trinajstić information content (AvgIpc) is 3.14. The van der Waals surface area contributed by atoms with Gasteiger partial charge in [-0.05, 0) is 49.1 Å². The summed E-state index contributed by atoms with van der Waals surface area (Å²) < 4.78 is 0. The molecule has 1 unspecified atom stereocenters. The molecule has 0 bridgehead atoms. The lowest BCUT2D eigenvalue weighted by Crippen LogP contribution is -2.48. The number of nitrogens with one attached hydrogen (secondary N) is 4. The van der Waals surface area contributed by atoms with E-state index in [2.05, 4.69) is 27.6 Å². The van der Waals surface area contributed by atoms with Crippen LogP contribution in [0.5, 0.6) is 0 Å². The van der Waals surface area contributed by atoms with Crippen molar-refractivity contribution in [3.8, 4) is 0 Å². The summed E-state index contributed by atoms with van der Waals surface area (Å²) in [6, 6.07) is 12.7. The molecule has 2 aromatic rings. The molecule has 1 aromatic carbocycles. The zero-order valence-electron chi connectivity index (χ0n) is 14.5. The average molecular weight is 391 g/mol. The van der Waals surface area contributed by atoms with Crippen molar-refractivity contribution in [3.63, 3.8) is 0 Å². The van der Waals surface area contributed by atoms with Crippen LogP contribution in [-0.2, 0) is 11.2 Å². The van der Waals surface area contributed by atoms with Crippen LogP contribution in [0.25, 0.3) is 0 Å². The number of thiophene rings is 1. The number of amides is 2. The van der Waals surface area contributed by atoms with Gasteiger partial charge in [0, 0.05) is 29.4 Å². The van der Waals surface area contributed by atoms with Gasteiger partial charge in [-0.3, -0.25) is 20.4 Å². The van der Waals surface area contributed by atoms with Crippen molar-refractivity contribution in [3.05, 3.63) is 58.3 Å². The highest BCUT2D eigenvalue weighted by Gasteiger charge is 2.13. The van der Waals surface area contributed by atoms with Crippen LogP contribution in [0, 0.1) is 0 Å². The van der Waals surface area contributed by atoms with Gasteiger partial charge in [-0.25, -0.2) is 0 Å². The predicted molar refractivity (Wildman–Crippen MR) is 108 cm³/mol. The molecular formula is C18H22N4O2S2. The van der Waals surface area contributed by atoms with Crippen LogP contribution in [0.1, 0.15) is 28.6 Å². The lowest BCUT2D eigenvalue weighted by atomic mass is 10.2.